The molecule has 1 atom stereocenters. The Morgan fingerprint density at radius 3 is 2.64 bits per heavy atom. The lowest BCUT2D eigenvalue weighted by atomic mass is 10.1. The van der Waals surface area contributed by atoms with E-state index >= 15 is 0 Å². The number of likely N-dealkylation sites (N-methyl/N-ethyl adjacent to an activating group) is 1. The molecular weight excluding hydrogens is 446 g/mol. The van der Waals surface area contributed by atoms with Gasteiger partial charge in [-0.3, -0.25) is 14.4 Å². The van der Waals surface area contributed by atoms with Gasteiger partial charge in [0.15, 0.2) is 0 Å². The van der Waals surface area contributed by atoms with Crippen LogP contribution >= 0.6 is 27.7 Å². The van der Waals surface area contributed by atoms with E-state index in [9.17, 15) is 14.4 Å². The van der Waals surface area contributed by atoms with Crippen molar-refractivity contribution in [2.24, 2.45) is 0 Å². The second-order valence-electron chi connectivity index (χ2n) is 6.18. The van der Waals surface area contributed by atoms with E-state index in [1.165, 1.54) is 4.90 Å². The Morgan fingerprint density at radius 2 is 2.00 bits per heavy atom. The molecule has 28 heavy (non-hydrogen) atoms. The predicted octanol–water partition coefficient (Wildman–Crippen LogP) is 1.91. The standard InChI is InChI=1S/C19H28BrN3O4S/c1-23(13-17(24)21-10-6-11-27-2)19(26)16(9-12-28-3)22-18(25)14-7-4-5-8-15(14)20/h4-5,7-8,16H,6,9-13H2,1-3H3,(H,21,24)(H,22,25). The first-order chi connectivity index (χ1) is 13.4. The summed E-state index contributed by atoms with van der Waals surface area (Å²) in [6.45, 7) is 0.989. The molecule has 0 aliphatic heterocycles. The van der Waals surface area contributed by atoms with E-state index < -0.39 is 6.04 Å². The number of hydrogen-bond acceptors (Lipinski definition) is 5. The van der Waals surface area contributed by atoms with Crippen LogP contribution in [0, 0.1) is 0 Å². The lowest BCUT2D eigenvalue weighted by molar-refractivity contribution is -0.136. The Kier molecular flexibility index (Phi) is 11.9. The van der Waals surface area contributed by atoms with Crippen LogP contribution in [0.15, 0.2) is 28.7 Å². The van der Waals surface area contributed by atoms with Crippen molar-refractivity contribution >= 4 is 45.4 Å². The zero-order valence-electron chi connectivity index (χ0n) is 16.5. The maximum absolute atomic E-state index is 12.8. The summed E-state index contributed by atoms with van der Waals surface area (Å²) in [5, 5.41) is 5.55. The number of thioether (sulfide) groups is 1. The van der Waals surface area contributed by atoms with Crippen LogP contribution in [0.4, 0.5) is 0 Å². The summed E-state index contributed by atoms with van der Waals surface area (Å²) in [6, 6.07) is 6.34. The molecule has 0 radical (unpaired) electrons. The van der Waals surface area contributed by atoms with Crippen molar-refractivity contribution in [3.8, 4) is 0 Å². The number of rotatable bonds is 12. The quantitative estimate of drug-likeness (QED) is 0.452. The lowest BCUT2D eigenvalue weighted by Crippen LogP contribution is -2.50. The van der Waals surface area contributed by atoms with Crippen LogP contribution in [0.2, 0.25) is 0 Å². The van der Waals surface area contributed by atoms with Crippen LogP contribution in [-0.2, 0) is 14.3 Å². The summed E-state index contributed by atoms with van der Waals surface area (Å²) >= 11 is 4.94. The van der Waals surface area contributed by atoms with Gasteiger partial charge in [0.05, 0.1) is 12.1 Å². The van der Waals surface area contributed by atoms with E-state index in [2.05, 4.69) is 26.6 Å². The first kappa shape index (κ1) is 24.5. The van der Waals surface area contributed by atoms with Gasteiger partial charge >= 0.3 is 0 Å². The Morgan fingerprint density at radius 1 is 1.29 bits per heavy atom. The third kappa shape index (κ3) is 8.62. The van der Waals surface area contributed by atoms with Gasteiger partial charge in [-0.1, -0.05) is 12.1 Å². The smallest absolute Gasteiger partial charge is 0.253 e. The maximum Gasteiger partial charge on any atom is 0.253 e. The van der Waals surface area contributed by atoms with E-state index in [4.69, 9.17) is 4.74 Å². The molecule has 1 unspecified atom stereocenters. The summed E-state index contributed by atoms with van der Waals surface area (Å²) in [6.07, 6.45) is 3.13. The van der Waals surface area contributed by atoms with Gasteiger partial charge in [-0.05, 0) is 52.9 Å². The number of amides is 3. The number of halogens is 1. The molecule has 1 aromatic carbocycles. The van der Waals surface area contributed by atoms with E-state index in [0.717, 1.165) is 0 Å². The fraction of sp³-hybridized carbons (Fsp3) is 0.526. The van der Waals surface area contributed by atoms with Crippen molar-refractivity contribution in [1.82, 2.24) is 15.5 Å². The highest BCUT2D eigenvalue weighted by Crippen LogP contribution is 2.16. The fourth-order valence-electron chi connectivity index (χ4n) is 2.43. The molecule has 0 fully saturated rings. The summed E-state index contributed by atoms with van der Waals surface area (Å²) in [5.41, 5.74) is 0.461. The number of methoxy groups -OCH3 is 1. The molecule has 2 N–H and O–H groups in total. The summed E-state index contributed by atoms with van der Waals surface area (Å²) in [5.74, 6) is -0.150. The number of benzene rings is 1. The van der Waals surface area contributed by atoms with Crippen LogP contribution < -0.4 is 10.6 Å². The average Bonchev–Trinajstić information content (AvgIpc) is 2.68. The van der Waals surface area contributed by atoms with Gasteiger partial charge in [0.1, 0.15) is 6.04 Å². The summed E-state index contributed by atoms with van der Waals surface area (Å²) < 4.78 is 5.59. The third-order valence-corrected chi connectivity index (χ3v) is 5.27. The molecule has 156 valence electrons. The van der Waals surface area contributed by atoms with E-state index in [1.54, 1.807) is 44.1 Å². The Labute approximate surface area is 179 Å². The number of ether oxygens (including phenoxy) is 1. The van der Waals surface area contributed by atoms with Crippen LogP contribution in [-0.4, -0.2) is 74.5 Å². The van der Waals surface area contributed by atoms with Gasteiger partial charge in [-0.25, -0.2) is 0 Å². The Hall–Kier alpha value is -1.58. The second-order valence-corrected chi connectivity index (χ2v) is 8.02. The Bertz CT molecular complexity index is 660. The molecule has 0 heterocycles. The molecule has 7 nitrogen and oxygen atoms in total. The van der Waals surface area contributed by atoms with Crippen molar-refractivity contribution in [2.45, 2.75) is 18.9 Å². The highest BCUT2D eigenvalue weighted by molar-refractivity contribution is 9.10. The van der Waals surface area contributed by atoms with Gasteiger partial charge in [-0.2, -0.15) is 11.8 Å². The minimum atomic E-state index is -0.696. The molecule has 0 aliphatic carbocycles. The van der Waals surface area contributed by atoms with Gasteiger partial charge in [0.2, 0.25) is 11.8 Å². The van der Waals surface area contributed by atoms with Crippen molar-refractivity contribution in [1.29, 1.82) is 0 Å². The molecule has 0 aliphatic rings. The van der Waals surface area contributed by atoms with Crippen LogP contribution in [0.25, 0.3) is 0 Å². The third-order valence-electron chi connectivity index (χ3n) is 3.94. The molecule has 1 aromatic rings. The van der Waals surface area contributed by atoms with Crippen molar-refractivity contribution < 1.29 is 19.1 Å². The van der Waals surface area contributed by atoms with Crippen molar-refractivity contribution in [3.63, 3.8) is 0 Å². The van der Waals surface area contributed by atoms with Gasteiger partial charge < -0.3 is 20.3 Å². The second kappa shape index (κ2) is 13.6. The van der Waals surface area contributed by atoms with E-state index in [0.29, 0.717) is 41.8 Å². The number of nitrogens with zero attached hydrogens (tertiary/aromatic N) is 1. The number of carbonyl (C=O) groups excluding carboxylic acids is 3. The monoisotopic (exact) mass is 473 g/mol. The van der Waals surface area contributed by atoms with Gasteiger partial charge in [0, 0.05) is 31.8 Å². The molecule has 0 saturated carbocycles. The molecule has 0 aromatic heterocycles. The summed E-state index contributed by atoms with van der Waals surface area (Å²) in [4.78, 5) is 38.7. The molecule has 1 rings (SSSR count). The Balaban J connectivity index is 2.69. The molecule has 0 saturated heterocycles. The zero-order chi connectivity index (χ0) is 20.9. The van der Waals surface area contributed by atoms with Crippen LogP contribution in [0.3, 0.4) is 0 Å². The normalized spacial score (nSPS) is 11.6. The first-order valence-corrected chi connectivity index (χ1v) is 11.1. The van der Waals surface area contributed by atoms with Crippen molar-refractivity contribution in [3.05, 3.63) is 34.3 Å². The molecule has 0 bridgehead atoms. The highest BCUT2D eigenvalue weighted by Gasteiger charge is 2.25. The molecule has 0 spiro atoms. The minimum absolute atomic E-state index is 0.0630. The fourth-order valence-corrected chi connectivity index (χ4v) is 3.37. The van der Waals surface area contributed by atoms with Crippen LogP contribution in [0.1, 0.15) is 23.2 Å². The first-order valence-electron chi connectivity index (χ1n) is 8.95. The van der Waals surface area contributed by atoms with Gasteiger partial charge in [0.25, 0.3) is 5.91 Å². The minimum Gasteiger partial charge on any atom is -0.385 e. The molecule has 9 heteroatoms. The number of nitrogens with one attached hydrogen (secondary N) is 2. The topological polar surface area (TPSA) is 87.7 Å². The maximum atomic E-state index is 12.8. The summed E-state index contributed by atoms with van der Waals surface area (Å²) in [7, 11) is 3.17. The van der Waals surface area contributed by atoms with Crippen molar-refractivity contribution in [2.75, 3.05) is 45.9 Å². The highest BCUT2D eigenvalue weighted by atomic mass is 79.9. The van der Waals surface area contributed by atoms with Gasteiger partial charge in [-0.15, -0.1) is 0 Å². The number of carbonyl (C=O) groups is 3. The lowest BCUT2D eigenvalue weighted by Gasteiger charge is -2.24. The van der Waals surface area contributed by atoms with Crippen LogP contribution in [0.5, 0.6) is 0 Å². The van der Waals surface area contributed by atoms with E-state index in [-0.39, 0.29) is 24.3 Å². The molecular formula is C19H28BrN3O4S. The average molecular weight is 474 g/mol. The molecule has 3 amide bonds. The SMILES string of the molecule is COCCCNC(=O)CN(C)C(=O)C(CCSC)NC(=O)c1ccccc1Br. The predicted molar refractivity (Wildman–Crippen MR) is 116 cm³/mol. The number of hydrogen-bond donors (Lipinski definition) is 2. The largest absolute Gasteiger partial charge is 0.385 e. The van der Waals surface area contributed by atoms with E-state index in [1.807, 2.05) is 12.3 Å². The zero-order valence-corrected chi connectivity index (χ0v) is 18.9.